The first-order valence-corrected chi connectivity index (χ1v) is 10.1. The molecule has 1 aromatic rings. The molecule has 0 spiro atoms. The number of halogens is 7. The molecule has 4 nitrogen and oxygen atoms in total. The molecule has 11 heteroatoms. The number of aromatic nitrogens is 1. The van der Waals surface area contributed by atoms with Crippen molar-refractivity contribution in [3.63, 3.8) is 0 Å². The van der Waals surface area contributed by atoms with Crippen LogP contribution in [0, 0.1) is 17.8 Å². The fourth-order valence-electron chi connectivity index (χ4n) is 3.80. The van der Waals surface area contributed by atoms with Gasteiger partial charge in [-0.3, -0.25) is 4.74 Å². The van der Waals surface area contributed by atoms with Gasteiger partial charge in [-0.2, -0.15) is 30.7 Å². The standard InChI is InChI=1S/C20H24F7NO3/c1-12-2-4-13(5-3-12)19(24,25)31-17-9-6-14(11-29-17)20(26,27)30-15-7-8-16(28-10-15)18(21,22)23/h7-8,10,12-14,17H,2-6,9,11H2,1H3. The van der Waals surface area contributed by atoms with Crippen LogP contribution in [0.4, 0.5) is 30.7 Å². The lowest BCUT2D eigenvalue weighted by atomic mass is 9.82. The first-order chi connectivity index (χ1) is 14.4. The van der Waals surface area contributed by atoms with Gasteiger partial charge in [-0.15, -0.1) is 0 Å². The van der Waals surface area contributed by atoms with Gasteiger partial charge < -0.3 is 9.47 Å². The van der Waals surface area contributed by atoms with Crippen LogP contribution < -0.4 is 4.74 Å². The van der Waals surface area contributed by atoms with E-state index in [4.69, 9.17) is 9.47 Å². The summed E-state index contributed by atoms with van der Waals surface area (Å²) in [5.41, 5.74) is -1.24. The number of alkyl halides is 7. The van der Waals surface area contributed by atoms with E-state index in [2.05, 4.69) is 9.72 Å². The molecule has 2 aliphatic rings. The molecule has 1 aromatic heterocycles. The van der Waals surface area contributed by atoms with Gasteiger partial charge in [0.2, 0.25) is 0 Å². The Hall–Kier alpha value is -1.62. The van der Waals surface area contributed by atoms with Crippen LogP contribution in [0.25, 0.3) is 0 Å². The van der Waals surface area contributed by atoms with Crippen molar-refractivity contribution in [3.05, 3.63) is 24.0 Å². The van der Waals surface area contributed by atoms with Gasteiger partial charge in [-0.05, 0) is 43.7 Å². The largest absolute Gasteiger partial charge is 0.433 e. The highest BCUT2D eigenvalue weighted by atomic mass is 19.4. The molecule has 31 heavy (non-hydrogen) atoms. The molecule has 1 saturated heterocycles. The zero-order valence-corrected chi connectivity index (χ0v) is 16.8. The lowest BCUT2D eigenvalue weighted by Crippen LogP contribution is -2.45. The van der Waals surface area contributed by atoms with Crippen molar-refractivity contribution < 1.29 is 44.9 Å². The number of rotatable bonds is 6. The Morgan fingerprint density at radius 2 is 1.52 bits per heavy atom. The highest BCUT2D eigenvalue weighted by Gasteiger charge is 2.48. The number of nitrogens with zero attached hydrogens (tertiary/aromatic N) is 1. The number of pyridine rings is 1. The van der Waals surface area contributed by atoms with Crippen LogP contribution in [0.3, 0.4) is 0 Å². The Labute approximate surface area is 175 Å². The Balaban J connectivity index is 1.51. The van der Waals surface area contributed by atoms with Crippen molar-refractivity contribution in [1.82, 2.24) is 4.98 Å². The van der Waals surface area contributed by atoms with E-state index in [1.54, 1.807) is 0 Å². The predicted octanol–water partition coefficient (Wildman–Crippen LogP) is 6.26. The molecule has 0 radical (unpaired) electrons. The van der Waals surface area contributed by atoms with Crippen molar-refractivity contribution >= 4 is 0 Å². The van der Waals surface area contributed by atoms with Crippen LogP contribution in [-0.2, 0) is 15.7 Å². The number of hydrogen-bond donors (Lipinski definition) is 0. The van der Waals surface area contributed by atoms with E-state index in [9.17, 15) is 30.7 Å². The quantitative estimate of drug-likeness (QED) is 0.471. The maximum atomic E-state index is 14.4. The first-order valence-electron chi connectivity index (χ1n) is 10.1. The van der Waals surface area contributed by atoms with E-state index in [0.29, 0.717) is 43.9 Å². The maximum absolute atomic E-state index is 14.4. The molecule has 1 aliphatic carbocycles. The molecule has 0 bridgehead atoms. The lowest BCUT2D eigenvalue weighted by Gasteiger charge is -2.37. The van der Waals surface area contributed by atoms with Crippen molar-refractivity contribution in [2.24, 2.45) is 17.8 Å². The number of ether oxygens (including phenoxy) is 3. The van der Waals surface area contributed by atoms with Gasteiger partial charge in [-0.25, -0.2) is 4.98 Å². The van der Waals surface area contributed by atoms with E-state index in [0.717, 1.165) is 6.07 Å². The lowest BCUT2D eigenvalue weighted by molar-refractivity contribution is -0.358. The molecule has 1 aliphatic heterocycles. The van der Waals surface area contributed by atoms with Crippen LogP contribution in [0.5, 0.6) is 5.75 Å². The second kappa shape index (κ2) is 9.09. The summed E-state index contributed by atoms with van der Waals surface area (Å²) in [6.45, 7) is 1.41. The summed E-state index contributed by atoms with van der Waals surface area (Å²) in [4.78, 5) is 3.06. The van der Waals surface area contributed by atoms with Gasteiger partial charge in [0.1, 0.15) is 11.4 Å². The predicted molar refractivity (Wildman–Crippen MR) is 94.4 cm³/mol. The monoisotopic (exact) mass is 459 g/mol. The molecule has 2 fully saturated rings. The molecule has 2 atom stereocenters. The zero-order valence-electron chi connectivity index (χ0n) is 16.8. The third-order valence-electron chi connectivity index (χ3n) is 5.77. The summed E-state index contributed by atoms with van der Waals surface area (Å²) in [5.74, 6) is -2.56. The van der Waals surface area contributed by atoms with Crippen LogP contribution in [0.15, 0.2) is 18.3 Å². The van der Waals surface area contributed by atoms with E-state index in [1.165, 1.54) is 0 Å². The highest BCUT2D eigenvalue weighted by Crippen LogP contribution is 2.42. The normalized spacial score (nSPS) is 28.4. The van der Waals surface area contributed by atoms with Crippen LogP contribution in [0.1, 0.15) is 51.1 Å². The average Bonchev–Trinajstić information content (AvgIpc) is 2.68. The van der Waals surface area contributed by atoms with Crippen LogP contribution in [-0.4, -0.2) is 30.1 Å². The molecule has 0 amide bonds. The fourth-order valence-corrected chi connectivity index (χ4v) is 3.80. The van der Waals surface area contributed by atoms with Crippen LogP contribution in [0.2, 0.25) is 0 Å². The summed E-state index contributed by atoms with van der Waals surface area (Å²) < 4.78 is 110. The van der Waals surface area contributed by atoms with E-state index >= 15 is 0 Å². The number of hydrogen-bond acceptors (Lipinski definition) is 4. The highest BCUT2D eigenvalue weighted by molar-refractivity contribution is 5.21. The van der Waals surface area contributed by atoms with Gasteiger partial charge >= 0.3 is 18.4 Å². The van der Waals surface area contributed by atoms with Gasteiger partial charge in [0.05, 0.1) is 24.6 Å². The third kappa shape index (κ3) is 6.21. The van der Waals surface area contributed by atoms with Crippen molar-refractivity contribution in [2.45, 2.75) is 70.1 Å². The minimum absolute atomic E-state index is 0.187. The Morgan fingerprint density at radius 1 is 0.871 bits per heavy atom. The molecule has 3 rings (SSSR count). The second-order valence-corrected chi connectivity index (χ2v) is 8.21. The fraction of sp³-hybridized carbons (Fsp3) is 0.750. The summed E-state index contributed by atoms with van der Waals surface area (Å²) in [6, 6.07) is 1.27. The molecule has 1 saturated carbocycles. The molecule has 0 N–H and O–H groups in total. The van der Waals surface area contributed by atoms with Gasteiger partial charge in [-0.1, -0.05) is 19.8 Å². The van der Waals surface area contributed by atoms with Gasteiger partial charge in [0.25, 0.3) is 0 Å². The second-order valence-electron chi connectivity index (χ2n) is 8.21. The van der Waals surface area contributed by atoms with E-state index < -0.39 is 54.6 Å². The summed E-state index contributed by atoms with van der Waals surface area (Å²) in [6.07, 6.45) is -11.0. The zero-order chi connectivity index (χ0) is 22.9. The first kappa shape index (κ1) is 24.0. The smallest absolute Gasteiger partial charge is 0.431 e. The molecular weight excluding hydrogens is 435 g/mol. The average molecular weight is 459 g/mol. The molecule has 176 valence electrons. The van der Waals surface area contributed by atoms with Crippen molar-refractivity contribution in [3.8, 4) is 5.75 Å². The van der Waals surface area contributed by atoms with E-state index in [1.807, 2.05) is 6.92 Å². The summed E-state index contributed by atoms with van der Waals surface area (Å²) >= 11 is 0. The van der Waals surface area contributed by atoms with Gasteiger partial charge in [0, 0.05) is 0 Å². The molecule has 2 unspecified atom stereocenters. The Kier molecular flexibility index (Phi) is 7.05. The molecule has 2 heterocycles. The molecular formula is C20H24F7NO3. The SMILES string of the molecule is CC1CCC(C(F)(F)OC2CCC(C(F)(F)Oc3ccc(C(F)(F)F)nc3)CO2)CC1. The summed E-state index contributed by atoms with van der Waals surface area (Å²) in [5, 5.41) is 0. The third-order valence-corrected chi connectivity index (χ3v) is 5.77. The minimum Gasteiger partial charge on any atom is -0.431 e. The van der Waals surface area contributed by atoms with Crippen LogP contribution >= 0.6 is 0 Å². The maximum Gasteiger partial charge on any atom is 0.433 e. The summed E-state index contributed by atoms with van der Waals surface area (Å²) in [7, 11) is 0. The topological polar surface area (TPSA) is 40.6 Å². The van der Waals surface area contributed by atoms with Crippen molar-refractivity contribution in [1.29, 1.82) is 0 Å². The van der Waals surface area contributed by atoms with Gasteiger partial charge in [0.15, 0.2) is 6.29 Å². The Morgan fingerprint density at radius 3 is 2.03 bits per heavy atom. The Bertz CT molecular complexity index is 710. The van der Waals surface area contributed by atoms with E-state index in [-0.39, 0.29) is 12.8 Å². The van der Waals surface area contributed by atoms with Crippen molar-refractivity contribution in [2.75, 3.05) is 6.61 Å². The minimum atomic E-state index is -4.70. The molecule has 0 aromatic carbocycles.